The van der Waals surface area contributed by atoms with Gasteiger partial charge in [0.15, 0.2) is 0 Å². The second-order valence-corrected chi connectivity index (χ2v) is 6.07. The van der Waals surface area contributed by atoms with E-state index in [9.17, 15) is 14.4 Å². The summed E-state index contributed by atoms with van der Waals surface area (Å²) < 4.78 is 18.8. The van der Waals surface area contributed by atoms with Gasteiger partial charge < -0.3 is 14.5 Å². The highest BCUT2D eigenvalue weighted by Crippen LogP contribution is 2.31. The van der Waals surface area contributed by atoms with Crippen LogP contribution in [0.4, 0.5) is 10.1 Å². The van der Waals surface area contributed by atoms with E-state index in [1.807, 2.05) is 15.9 Å². The molecule has 5 nitrogen and oxygen atoms in total. The molecule has 6 heteroatoms. The third-order valence-corrected chi connectivity index (χ3v) is 4.69. The summed E-state index contributed by atoms with van der Waals surface area (Å²) in [6.07, 6.45) is 2.59. The molecule has 2 heterocycles. The van der Waals surface area contributed by atoms with Gasteiger partial charge >= 0.3 is 0 Å². The first-order valence-electron chi connectivity index (χ1n) is 7.92. The second kappa shape index (κ2) is 6.55. The van der Waals surface area contributed by atoms with Gasteiger partial charge in [-0.1, -0.05) is 0 Å². The number of methoxy groups -OCH3 is 1. The van der Waals surface area contributed by atoms with Crippen molar-refractivity contribution in [1.82, 2.24) is 4.90 Å². The Morgan fingerprint density at radius 1 is 1.39 bits per heavy atom. The van der Waals surface area contributed by atoms with Crippen molar-refractivity contribution in [3.8, 4) is 6.07 Å². The summed E-state index contributed by atoms with van der Waals surface area (Å²) >= 11 is 0. The predicted octanol–water partition coefficient (Wildman–Crippen LogP) is 1.91. The number of amides is 1. The van der Waals surface area contributed by atoms with E-state index in [4.69, 9.17) is 4.74 Å². The van der Waals surface area contributed by atoms with E-state index in [1.165, 1.54) is 12.1 Å². The van der Waals surface area contributed by atoms with Gasteiger partial charge in [-0.3, -0.25) is 4.79 Å². The van der Waals surface area contributed by atoms with Gasteiger partial charge in [-0.2, -0.15) is 5.26 Å². The molecule has 0 unspecified atom stereocenters. The van der Waals surface area contributed by atoms with Gasteiger partial charge in [-0.05, 0) is 31.0 Å². The Morgan fingerprint density at radius 3 is 2.78 bits per heavy atom. The molecule has 0 radical (unpaired) electrons. The summed E-state index contributed by atoms with van der Waals surface area (Å²) in [7, 11) is 1.63. The van der Waals surface area contributed by atoms with Crippen molar-refractivity contribution >= 4 is 11.6 Å². The van der Waals surface area contributed by atoms with Crippen LogP contribution in [0.15, 0.2) is 18.2 Å². The number of nitriles is 1. The van der Waals surface area contributed by atoms with Crippen LogP contribution < -0.4 is 4.90 Å². The summed E-state index contributed by atoms with van der Waals surface area (Å²) in [5.41, 5.74) is 0.854. The first-order chi connectivity index (χ1) is 11.1. The highest BCUT2D eigenvalue weighted by Gasteiger charge is 2.40. The summed E-state index contributed by atoms with van der Waals surface area (Å²) in [5, 5.41) is 9.29. The van der Waals surface area contributed by atoms with Gasteiger partial charge in [0.1, 0.15) is 17.9 Å². The molecule has 1 amide bonds. The Morgan fingerprint density at radius 2 is 2.13 bits per heavy atom. The van der Waals surface area contributed by atoms with Crippen molar-refractivity contribution in [1.29, 1.82) is 5.26 Å². The Balaban J connectivity index is 1.91. The molecule has 0 N–H and O–H groups in total. The largest absolute Gasteiger partial charge is 0.380 e. The van der Waals surface area contributed by atoms with Gasteiger partial charge in [0.2, 0.25) is 5.91 Å². The van der Waals surface area contributed by atoms with Crippen LogP contribution in [0.25, 0.3) is 0 Å². The number of benzene rings is 1. The number of hydrogen-bond donors (Lipinski definition) is 0. The molecule has 0 spiro atoms. The number of rotatable bonds is 3. The van der Waals surface area contributed by atoms with E-state index < -0.39 is 5.82 Å². The molecule has 0 aromatic heterocycles. The summed E-state index contributed by atoms with van der Waals surface area (Å²) in [5.74, 6) is -0.370. The number of carbonyl (C=O) groups excluding carboxylic acids is 1. The van der Waals surface area contributed by atoms with Crippen LogP contribution in [-0.2, 0) is 9.53 Å². The SMILES string of the molecule is CO[C@H]1C[C@@H](C(=O)N2CCCC2)N(c2ccc(F)cc2C#N)C1. The first kappa shape index (κ1) is 15.8. The molecule has 1 aromatic carbocycles. The monoisotopic (exact) mass is 317 g/mol. The maximum absolute atomic E-state index is 13.4. The van der Waals surface area contributed by atoms with E-state index in [0.29, 0.717) is 18.7 Å². The van der Waals surface area contributed by atoms with E-state index in [-0.39, 0.29) is 23.6 Å². The quantitative estimate of drug-likeness (QED) is 0.854. The van der Waals surface area contributed by atoms with Crippen LogP contribution in [0.5, 0.6) is 0 Å². The third kappa shape index (κ3) is 3.02. The number of hydrogen-bond acceptors (Lipinski definition) is 4. The predicted molar refractivity (Wildman–Crippen MR) is 83.5 cm³/mol. The standard InChI is InChI=1S/C17H20FN3O2/c1-23-14-9-16(17(22)20-6-2-3-7-20)21(11-14)15-5-4-13(18)8-12(15)10-19/h4-5,8,14,16H,2-3,6-7,9,11H2,1H3/t14-,16-/m0/s1. The number of carbonyl (C=O) groups is 1. The second-order valence-electron chi connectivity index (χ2n) is 6.07. The normalized spacial score (nSPS) is 24.0. The smallest absolute Gasteiger partial charge is 0.245 e. The first-order valence-corrected chi connectivity index (χ1v) is 7.92. The maximum atomic E-state index is 13.4. The minimum atomic E-state index is -0.449. The summed E-state index contributed by atoms with van der Waals surface area (Å²) in [6, 6.07) is 5.80. The molecule has 2 saturated heterocycles. The zero-order valence-electron chi connectivity index (χ0n) is 13.2. The van der Waals surface area contributed by atoms with Crippen molar-refractivity contribution in [2.24, 2.45) is 0 Å². The number of halogens is 1. The zero-order valence-corrected chi connectivity index (χ0v) is 13.2. The van der Waals surface area contributed by atoms with Crippen molar-refractivity contribution < 1.29 is 13.9 Å². The van der Waals surface area contributed by atoms with Gasteiger partial charge in [0.25, 0.3) is 0 Å². The van der Waals surface area contributed by atoms with Crippen molar-refractivity contribution in [2.75, 3.05) is 31.6 Å². The zero-order chi connectivity index (χ0) is 16.4. The maximum Gasteiger partial charge on any atom is 0.245 e. The highest BCUT2D eigenvalue weighted by molar-refractivity contribution is 5.87. The molecule has 0 bridgehead atoms. The molecular weight excluding hydrogens is 297 g/mol. The number of ether oxygens (including phenoxy) is 1. The summed E-state index contributed by atoms with van der Waals surface area (Å²) in [6.45, 7) is 2.10. The number of likely N-dealkylation sites (tertiary alicyclic amines) is 1. The summed E-state index contributed by atoms with van der Waals surface area (Å²) in [4.78, 5) is 16.6. The lowest BCUT2D eigenvalue weighted by Crippen LogP contribution is -2.45. The fourth-order valence-corrected chi connectivity index (χ4v) is 3.47. The van der Waals surface area contributed by atoms with Crippen LogP contribution >= 0.6 is 0 Å². The van der Waals surface area contributed by atoms with Gasteiger partial charge in [-0.15, -0.1) is 0 Å². The van der Waals surface area contributed by atoms with Crippen molar-refractivity contribution in [2.45, 2.75) is 31.4 Å². The molecule has 122 valence electrons. The van der Waals surface area contributed by atoms with Gasteiger partial charge in [0, 0.05) is 33.2 Å². The Hall–Kier alpha value is -2.13. The average Bonchev–Trinajstić information content (AvgIpc) is 3.23. The molecule has 1 aromatic rings. The average molecular weight is 317 g/mol. The molecule has 2 aliphatic heterocycles. The minimum Gasteiger partial charge on any atom is -0.380 e. The molecule has 23 heavy (non-hydrogen) atoms. The minimum absolute atomic E-state index is 0.0665. The molecule has 2 aliphatic rings. The fraction of sp³-hybridized carbons (Fsp3) is 0.529. The lowest BCUT2D eigenvalue weighted by Gasteiger charge is -2.29. The molecule has 3 rings (SSSR count). The van der Waals surface area contributed by atoms with E-state index in [1.54, 1.807) is 13.2 Å². The van der Waals surface area contributed by atoms with Crippen LogP contribution in [-0.4, -0.2) is 49.7 Å². The van der Waals surface area contributed by atoms with Gasteiger partial charge in [-0.25, -0.2) is 4.39 Å². The topological polar surface area (TPSA) is 56.6 Å². The molecule has 2 atom stereocenters. The Kier molecular flexibility index (Phi) is 4.49. The highest BCUT2D eigenvalue weighted by atomic mass is 19.1. The molecule has 0 aliphatic carbocycles. The van der Waals surface area contributed by atoms with E-state index in [0.717, 1.165) is 25.9 Å². The molecule has 2 fully saturated rings. The van der Waals surface area contributed by atoms with E-state index >= 15 is 0 Å². The Labute approximate surface area is 135 Å². The van der Waals surface area contributed by atoms with Crippen molar-refractivity contribution in [3.63, 3.8) is 0 Å². The number of anilines is 1. The Bertz CT molecular complexity index is 637. The van der Waals surface area contributed by atoms with Crippen LogP contribution in [0, 0.1) is 17.1 Å². The van der Waals surface area contributed by atoms with Crippen LogP contribution in [0.2, 0.25) is 0 Å². The molecule has 0 saturated carbocycles. The lowest BCUT2D eigenvalue weighted by atomic mass is 10.1. The van der Waals surface area contributed by atoms with E-state index in [2.05, 4.69) is 0 Å². The number of nitrogens with zero attached hydrogens (tertiary/aromatic N) is 3. The fourth-order valence-electron chi connectivity index (χ4n) is 3.47. The lowest BCUT2D eigenvalue weighted by molar-refractivity contribution is -0.131. The van der Waals surface area contributed by atoms with Gasteiger partial charge in [0.05, 0.1) is 17.4 Å². The van der Waals surface area contributed by atoms with Crippen LogP contribution in [0.1, 0.15) is 24.8 Å². The molecular formula is C17H20FN3O2. The van der Waals surface area contributed by atoms with Crippen LogP contribution in [0.3, 0.4) is 0 Å². The van der Waals surface area contributed by atoms with Crippen molar-refractivity contribution in [3.05, 3.63) is 29.6 Å². The third-order valence-electron chi connectivity index (χ3n) is 4.69.